The number of fused-ring (bicyclic) bond motifs is 1. The van der Waals surface area contributed by atoms with E-state index < -0.39 is 24.3 Å². The van der Waals surface area contributed by atoms with Crippen molar-refractivity contribution in [2.24, 2.45) is 11.7 Å². The van der Waals surface area contributed by atoms with Gasteiger partial charge in [-0.1, -0.05) is 0 Å². The molecule has 0 bridgehead atoms. The van der Waals surface area contributed by atoms with Crippen LogP contribution in [0.5, 0.6) is 11.5 Å². The molecule has 2 aliphatic heterocycles. The zero-order chi connectivity index (χ0) is 20.3. The van der Waals surface area contributed by atoms with E-state index in [0.29, 0.717) is 30.4 Å². The summed E-state index contributed by atoms with van der Waals surface area (Å²) in [5.74, 6) is -1.14. The molecule has 1 amide bonds. The van der Waals surface area contributed by atoms with Crippen LogP contribution < -0.4 is 20.1 Å². The number of amides is 1. The number of ketones is 1. The number of nitriles is 1. The summed E-state index contributed by atoms with van der Waals surface area (Å²) in [6.07, 6.45) is -0.0294. The minimum atomic E-state index is -0.706. The van der Waals surface area contributed by atoms with Crippen LogP contribution in [0.2, 0.25) is 0 Å². The van der Waals surface area contributed by atoms with Crippen molar-refractivity contribution >= 4 is 23.3 Å². The number of esters is 1. The Hall–Kier alpha value is -3.54. The standard InChI is InChI=1S/C19H19N3O6/c1-11(21)14(8-20)15(23)10-28-19(25)12-6-18(24)22(9-12)13-2-3-16-17(7-13)27-5-4-26-16/h2-3,7,12H,4-6,9-10,21H2,1H3. The van der Waals surface area contributed by atoms with E-state index >= 15 is 0 Å². The van der Waals surface area contributed by atoms with Gasteiger partial charge >= 0.3 is 5.97 Å². The summed E-state index contributed by atoms with van der Waals surface area (Å²) in [7, 11) is 0. The zero-order valence-corrected chi connectivity index (χ0v) is 15.3. The quantitative estimate of drug-likeness (QED) is 0.445. The van der Waals surface area contributed by atoms with Gasteiger partial charge in [-0.15, -0.1) is 0 Å². The summed E-state index contributed by atoms with van der Waals surface area (Å²) in [5, 5.41) is 8.90. The average Bonchev–Trinajstić information content (AvgIpc) is 3.07. The Bertz CT molecular complexity index is 897. The van der Waals surface area contributed by atoms with Gasteiger partial charge in [-0.3, -0.25) is 14.4 Å². The molecule has 2 aliphatic rings. The van der Waals surface area contributed by atoms with E-state index in [1.165, 1.54) is 11.8 Å². The van der Waals surface area contributed by atoms with Gasteiger partial charge < -0.3 is 24.8 Å². The molecular weight excluding hydrogens is 366 g/mol. The summed E-state index contributed by atoms with van der Waals surface area (Å²) in [6, 6.07) is 6.81. The Morgan fingerprint density at radius 1 is 1.32 bits per heavy atom. The van der Waals surface area contributed by atoms with E-state index in [1.807, 2.05) is 0 Å². The second-order valence-electron chi connectivity index (χ2n) is 6.43. The molecule has 0 aliphatic carbocycles. The number of nitrogens with zero attached hydrogens (tertiary/aromatic N) is 2. The number of hydrogen-bond donors (Lipinski definition) is 1. The highest BCUT2D eigenvalue weighted by Crippen LogP contribution is 2.36. The van der Waals surface area contributed by atoms with Gasteiger partial charge in [0.05, 0.1) is 5.92 Å². The van der Waals surface area contributed by atoms with Gasteiger partial charge in [0.1, 0.15) is 24.9 Å². The minimum absolute atomic E-state index is 0.0294. The van der Waals surface area contributed by atoms with Crippen molar-refractivity contribution in [2.45, 2.75) is 13.3 Å². The number of carbonyl (C=O) groups is 3. The molecule has 1 aromatic carbocycles. The number of ether oxygens (including phenoxy) is 3. The van der Waals surface area contributed by atoms with Gasteiger partial charge in [0.2, 0.25) is 11.7 Å². The average molecular weight is 385 g/mol. The van der Waals surface area contributed by atoms with Crippen molar-refractivity contribution in [3.63, 3.8) is 0 Å². The first-order chi connectivity index (χ1) is 13.4. The fraction of sp³-hybridized carbons (Fsp3) is 0.368. The number of anilines is 1. The molecule has 1 unspecified atom stereocenters. The van der Waals surface area contributed by atoms with Crippen LogP contribution in [0.1, 0.15) is 13.3 Å². The first-order valence-corrected chi connectivity index (χ1v) is 8.67. The van der Waals surface area contributed by atoms with Gasteiger partial charge in [-0.05, 0) is 19.1 Å². The third-order valence-electron chi connectivity index (χ3n) is 4.43. The van der Waals surface area contributed by atoms with Gasteiger partial charge in [-0.25, -0.2) is 0 Å². The molecule has 0 aromatic heterocycles. The molecule has 0 saturated carbocycles. The highest BCUT2D eigenvalue weighted by Gasteiger charge is 2.37. The highest BCUT2D eigenvalue weighted by atomic mass is 16.6. The normalized spacial score (nSPS) is 18.9. The summed E-state index contributed by atoms with van der Waals surface area (Å²) < 4.78 is 16.0. The highest BCUT2D eigenvalue weighted by molar-refractivity contribution is 6.02. The molecule has 0 spiro atoms. The van der Waals surface area contributed by atoms with Gasteiger partial charge in [-0.2, -0.15) is 5.26 Å². The van der Waals surface area contributed by atoms with Gasteiger partial charge in [0, 0.05) is 30.4 Å². The Labute approximate surface area is 161 Å². The molecule has 28 heavy (non-hydrogen) atoms. The number of Topliss-reactive ketones (excluding diaryl/α,β-unsaturated/α-hetero) is 1. The summed E-state index contributed by atoms with van der Waals surface area (Å²) in [5.41, 5.74) is 5.86. The molecule has 3 rings (SSSR count). The molecule has 1 atom stereocenters. The lowest BCUT2D eigenvalue weighted by atomic mass is 10.1. The topological polar surface area (TPSA) is 132 Å². The second-order valence-corrected chi connectivity index (χ2v) is 6.43. The van der Waals surface area contributed by atoms with Crippen molar-refractivity contribution in [3.8, 4) is 17.6 Å². The number of benzene rings is 1. The van der Waals surface area contributed by atoms with Gasteiger partial charge in [0.25, 0.3) is 0 Å². The fourth-order valence-corrected chi connectivity index (χ4v) is 3.01. The molecule has 1 aromatic rings. The third kappa shape index (κ3) is 3.91. The number of nitrogens with two attached hydrogens (primary N) is 1. The van der Waals surface area contributed by atoms with Crippen LogP contribution >= 0.6 is 0 Å². The minimum Gasteiger partial charge on any atom is -0.486 e. The predicted octanol–water partition coefficient (Wildman–Crippen LogP) is 0.679. The summed E-state index contributed by atoms with van der Waals surface area (Å²) >= 11 is 0. The van der Waals surface area contributed by atoms with Crippen LogP contribution in [0.25, 0.3) is 0 Å². The largest absolute Gasteiger partial charge is 0.486 e. The lowest BCUT2D eigenvalue weighted by molar-refractivity contribution is -0.151. The maximum absolute atomic E-state index is 12.4. The monoisotopic (exact) mass is 385 g/mol. The van der Waals surface area contributed by atoms with E-state index in [9.17, 15) is 14.4 Å². The lowest BCUT2D eigenvalue weighted by Gasteiger charge is -2.22. The van der Waals surface area contributed by atoms with Crippen molar-refractivity contribution in [3.05, 3.63) is 29.5 Å². The molecule has 1 saturated heterocycles. The summed E-state index contributed by atoms with van der Waals surface area (Å²) in [4.78, 5) is 38.0. The predicted molar refractivity (Wildman–Crippen MR) is 96.4 cm³/mol. The molecular formula is C19H19N3O6. The molecule has 2 N–H and O–H groups in total. The van der Waals surface area contributed by atoms with Crippen molar-refractivity contribution in [2.75, 3.05) is 31.3 Å². The van der Waals surface area contributed by atoms with Crippen LogP contribution in [-0.4, -0.2) is 44.0 Å². The number of carbonyl (C=O) groups excluding carboxylic acids is 3. The van der Waals surface area contributed by atoms with E-state index in [4.69, 9.17) is 25.2 Å². The molecule has 2 heterocycles. The first-order valence-electron chi connectivity index (χ1n) is 8.67. The van der Waals surface area contributed by atoms with Crippen LogP contribution in [0, 0.1) is 17.2 Å². The maximum atomic E-state index is 12.4. The van der Waals surface area contributed by atoms with Crippen LogP contribution in [0.3, 0.4) is 0 Å². The maximum Gasteiger partial charge on any atom is 0.311 e. The molecule has 146 valence electrons. The Morgan fingerprint density at radius 3 is 2.71 bits per heavy atom. The first kappa shape index (κ1) is 19.2. The Morgan fingerprint density at radius 2 is 2.04 bits per heavy atom. The van der Waals surface area contributed by atoms with E-state index in [2.05, 4.69) is 0 Å². The van der Waals surface area contributed by atoms with Crippen LogP contribution in [-0.2, 0) is 19.1 Å². The van der Waals surface area contributed by atoms with E-state index in [1.54, 1.807) is 24.3 Å². The van der Waals surface area contributed by atoms with Crippen molar-refractivity contribution in [1.29, 1.82) is 5.26 Å². The smallest absolute Gasteiger partial charge is 0.311 e. The van der Waals surface area contributed by atoms with Crippen molar-refractivity contribution < 1.29 is 28.6 Å². The lowest BCUT2D eigenvalue weighted by Crippen LogP contribution is -2.27. The summed E-state index contributed by atoms with van der Waals surface area (Å²) in [6.45, 7) is 1.84. The number of allylic oxidation sites excluding steroid dienone is 1. The molecule has 9 nitrogen and oxygen atoms in total. The van der Waals surface area contributed by atoms with Crippen LogP contribution in [0.15, 0.2) is 29.5 Å². The van der Waals surface area contributed by atoms with E-state index in [0.717, 1.165) is 0 Å². The number of hydrogen-bond acceptors (Lipinski definition) is 8. The van der Waals surface area contributed by atoms with Gasteiger partial charge in [0.15, 0.2) is 18.1 Å². The van der Waals surface area contributed by atoms with E-state index in [-0.39, 0.29) is 30.1 Å². The van der Waals surface area contributed by atoms with Crippen molar-refractivity contribution in [1.82, 2.24) is 0 Å². The second kappa shape index (κ2) is 8.00. The third-order valence-corrected chi connectivity index (χ3v) is 4.43. The zero-order valence-electron chi connectivity index (χ0n) is 15.3. The fourth-order valence-electron chi connectivity index (χ4n) is 3.01. The van der Waals surface area contributed by atoms with Crippen LogP contribution in [0.4, 0.5) is 5.69 Å². The number of rotatable bonds is 5. The molecule has 9 heteroatoms. The molecule has 0 radical (unpaired) electrons. The Kier molecular flexibility index (Phi) is 5.49. The molecule has 1 fully saturated rings. The Balaban J connectivity index is 1.63. The SMILES string of the molecule is CC(N)=C(C#N)C(=O)COC(=O)C1CC(=O)N(c2ccc3c(c2)OCCO3)C1.